The molecule has 0 unspecified atom stereocenters. The smallest absolute Gasteiger partial charge is 0.306 e. The molecule has 1 saturated carbocycles. The minimum absolute atomic E-state index is 0.0433. The summed E-state index contributed by atoms with van der Waals surface area (Å²) < 4.78 is 5.69. The number of carbonyl (C=O) groups excluding carboxylic acids is 1. The van der Waals surface area contributed by atoms with Crippen LogP contribution in [0.15, 0.2) is 40.9 Å². The third kappa shape index (κ3) is 4.68. The Morgan fingerprint density at radius 2 is 1.88 bits per heavy atom. The lowest BCUT2D eigenvalue weighted by molar-refractivity contribution is -0.142. The molecular weight excluding hydrogens is 320 g/mol. The third-order valence-electron chi connectivity index (χ3n) is 4.62. The first kappa shape index (κ1) is 17.2. The number of hydrogen-bond donors (Lipinski definition) is 2. The van der Waals surface area contributed by atoms with Crippen LogP contribution in [0.1, 0.15) is 38.0 Å². The predicted molar refractivity (Wildman–Crippen MR) is 91.8 cm³/mol. The zero-order chi connectivity index (χ0) is 17.6. The Kier molecular flexibility index (Phi) is 5.48. The normalized spacial score (nSPS) is 20.2. The highest BCUT2D eigenvalue weighted by atomic mass is 16.4. The number of benzene rings is 1. The van der Waals surface area contributed by atoms with Gasteiger partial charge in [-0.2, -0.15) is 0 Å². The second-order valence-corrected chi connectivity index (χ2v) is 6.44. The Balaban J connectivity index is 1.44. The summed E-state index contributed by atoms with van der Waals surface area (Å²) in [5.74, 6) is 0.199. The van der Waals surface area contributed by atoms with E-state index in [9.17, 15) is 9.59 Å². The van der Waals surface area contributed by atoms with Gasteiger partial charge in [-0.25, -0.2) is 4.98 Å². The van der Waals surface area contributed by atoms with Gasteiger partial charge in [0, 0.05) is 24.4 Å². The monoisotopic (exact) mass is 342 g/mol. The number of aliphatic carboxylic acids is 1. The number of hydrogen-bond acceptors (Lipinski definition) is 4. The van der Waals surface area contributed by atoms with Gasteiger partial charge in [0.25, 0.3) is 0 Å². The number of carboxylic acid groups (broad SMARTS) is 1. The topological polar surface area (TPSA) is 92.4 Å². The highest BCUT2D eigenvalue weighted by Crippen LogP contribution is 2.24. The number of amides is 1. The molecule has 0 saturated heterocycles. The second kappa shape index (κ2) is 7.96. The van der Waals surface area contributed by atoms with Gasteiger partial charge in [0.2, 0.25) is 5.91 Å². The SMILES string of the molecule is O=C(CCc1ncc(-c2ccccc2)o1)NC1CCC(C(=O)O)CC1. The third-order valence-corrected chi connectivity index (χ3v) is 4.62. The molecule has 132 valence electrons. The van der Waals surface area contributed by atoms with Crippen molar-refractivity contribution in [3.63, 3.8) is 0 Å². The fourth-order valence-corrected chi connectivity index (χ4v) is 3.17. The first-order valence-electron chi connectivity index (χ1n) is 8.64. The van der Waals surface area contributed by atoms with Crippen molar-refractivity contribution in [3.8, 4) is 11.3 Å². The number of nitrogens with one attached hydrogen (secondary N) is 1. The van der Waals surface area contributed by atoms with Gasteiger partial charge in [-0.3, -0.25) is 9.59 Å². The van der Waals surface area contributed by atoms with Crippen molar-refractivity contribution in [2.24, 2.45) is 5.92 Å². The van der Waals surface area contributed by atoms with E-state index in [1.54, 1.807) is 6.20 Å². The summed E-state index contributed by atoms with van der Waals surface area (Å²) in [6, 6.07) is 9.78. The summed E-state index contributed by atoms with van der Waals surface area (Å²) in [5, 5.41) is 12.0. The van der Waals surface area contributed by atoms with E-state index < -0.39 is 5.97 Å². The maximum Gasteiger partial charge on any atom is 0.306 e. The molecule has 2 N–H and O–H groups in total. The number of carbonyl (C=O) groups is 2. The maximum absolute atomic E-state index is 12.1. The lowest BCUT2D eigenvalue weighted by Gasteiger charge is -2.26. The minimum Gasteiger partial charge on any atom is -0.481 e. The van der Waals surface area contributed by atoms with Gasteiger partial charge in [-0.15, -0.1) is 0 Å². The molecule has 1 fully saturated rings. The molecule has 2 aromatic rings. The van der Waals surface area contributed by atoms with E-state index in [-0.39, 0.29) is 17.9 Å². The second-order valence-electron chi connectivity index (χ2n) is 6.44. The molecule has 0 spiro atoms. The van der Waals surface area contributed by atoms with E-state index in [1.807, 2.05) is 30.3 Å². The number of aryl methyl sites for hydroxylation is 1. The summed E-state index contributed by atoms with van der Waals surface area (Å²) in [7, 11) is 0. The van der Waals surface area contributed by atoms with Gasteiger partial charge in [0.15, 0.2) is 11.7 Å². The van der Waals surface area contributed by atoms with Crippen molar-refractivity contribution in [3.05, 3.63) is 42.4 Å². The van der Waals surface area contributed by atoms with Gasteiger partial charge in [0.05, 0.1) is 12.1 Å². The standard InChI is InChI=1S/C19H22N2O4/c22-17(21-15-8-6-14(7-9-15)19(23)24)10-11-18-20-12-16(25-18)13-4-2-1-3-5-13/h1-5,12,14-15H,6-11H2,(H,21,22)(H,23,24). The van der Waals surface area contributed by atoms with Gasteiger partial charge in [0.1, 0.15) is 0 Å². The summed E-state index contributed by atoms with van der Waals surface area (Å²) in [5.41, 5.74) is 0.959. The number of aromatic nitrogens is 1. The molecule has 1 heterocycles. The quantitative estimate of drug-likeness (QED) is 0.842. The number of carboxylic acids is 1. The zero-order valence-electron chi connectivity index (χ0n) is 14.0. The number of nitrogens with zero attached hydrogens (tertiary/aromatic N) is 1. The van der Waals surface area contributed by atoms with Crippen LogP contribution >= 0.6 is 0 Å². The van der Waals surface area contributed by atoms with Crippen LogP contribution in [0.5, 0.6) is 0 Å². The van der Waals surface area contributed by atoms with E-state index >= 15 is 0 Å². The van der Waals surface area contributed by atoms with Gasteiger partial charge >= 0.3 is 5.97 Å². The van der Waals surface area contributed by atoms with Crippen molar-refractivity contribution >= 4 is 11.9 Å². The van der Waals surface area contributed by atoms with E-state index in [2.05, 4.69) is 10.3 Å². The van der Waals surface area contributed by atoms with Crippen molar-refractivity contribution in [1.29, 1.82) is 0 Å². The number of rotatable bonds is 6. The molecule has 0 radical (unpaired) electrons. The van der Waals surface area contributed by atoms with Gasteiger partial charge < -0.3 is 14.8 Å². The van der Waals surface area contributed by atoms with Gasteiger partial charge in [-0.1, -0.05) is 30.3 Å². The van der Waals surface area contributed by atoms with Crippen LogP contribution < -0.4 is 5.32 Å². The molecule has 0 aliphatic heterocycles. The fraction of sp³-hybridized carbons (Fsp3) is 0.421. The Bertz CT molecular complexity index is 718. The minimum atomic E-state index is -0.733. The largest absolute Gasteiger partial charge is 0.481 e. The van der Waals surface area contributed by atoms with Crippen LogP contribution in [0.25, 0.3) is 11.3 Å². The zero-order valence-corrected chi connectivity index (χ0v) is 14.0. The summed E-state index contributed by atoms with van der Waals surface area (Å²) in [6.07, 6.45) is 5.13. The molecule has 6 heteroatoms. The molecule has 1 aromatic heterocycles. The molecule has 1 aromatic carbocycles. The van der Waals surface area contributed by atoms with Gasteiger partial charge in [-0.05, 0) is 25.7 Å². The van der Waals surface area contributed by atoms with Crippen molar-refractivity contribution < 1.29 is 19.1 Å². The van der Waals surface area contributed by atoms with E-state index in [1.165, 1.54) is 0 Å². The molecule has 1 aliphatic carbocycles. The highest BCUT2D eigenvalue weighted by Gasteiger charge is 2.26. The molecule has 0 atom stereocenters. The highest BCUT2D eigenvalue weighted by molar-refractivity contribution is 5.76. The van der Waals surface area contributed by atoms with Crippen LogP contribution in [0.4, 0.5) is 0 Å². The van der Waals surface area contributed by atoms with Crippen LogP contribution in [-0.4, -0.2) is 28.0 Å². The maximum atomic E-state index is 12.1. The van der Waals surface area contributed by atoms with Crippen molar-refractivity contribution in [2.75, 3.05) is 0 Å². The Morgan fingerprint density at radius 1 is 1.16 bits per heavy atom. The summed E-state index contributed by atoms with van der Waals surface area (Å²) >= 11 is 0. The lowest BCUT2D eigenvalue weighted by atomic mass is 9.86. The van der Waals surface area contributed by atoms with E-state index in [4.69, 9.17) is 9.52 Å². The molecule has 6 nitrogen and oxygen atoms in total. The Labute approximate surface area is 146 Å². The average molecular weight is 342 g/mol. The fourth-order valence-electron chi connectivity index (χ4n) is 3.17. The first-order valence-corrected chi connectivity index (χ1v) is 8.64. The van der Waals surface area contributed by atoms with Crippen LogP contribution in [-0.2, 0) is 16.0 Å². The lowest BCUT2D eigenvalue weighted by Crippen LogP contribution is -2.38. The van der Waals surface area contributed by atoms with E-state index in [0.29, 0.717) is 37.3 Å². The average Bonchev–Trinajstić information content (AvgIpc) is 3.10. The molecule has 0 bridgehead atoms. The Hall–Kier alpha value is -2.63. The van der Waals surface area contributed by atoms with Crippen LogP contribution in [0.3, 0.4) is 0 Å². The molecule has 25 heavy (non-hydrogen) atoms. The van der Waals surface area contributed by atoms with Crippen LogP contribution in [0, 0.1) is 5.92 Å². The molecular formula is C19H22N2O4. The summed E-state index contributed by atoms with van der Waals surface area (Å²) in [6.45, 7) is 0. The van der Waals surface area contributed by atoms with Crippen molar-refractivity contribution in [1.82, 2.24) is 10.3 Å². The predicted octanol–water partition coefficient (Wildman–Crippen LogP) is 3.03. The van der Waals surface area contributed by atoms with E-state index in [0.717, 1.165) is 18.4 Å². The van der Waals surface area contributed by atoms with Crippen LogP contribution in [0.2, 0.25) is 0 Å². The number of oxazole rings is 1. The molecule has 3 rings (SSSR count). The Morgan fingerprint density at radius 3 is 2.56 bits per heavy atom. The molecule has 1 amide bonds. The van der Waals surface area contributed by atoms with Crippen molar-refractivity contribution in [2.45, 2.75) is 44.6 Å². The molecule has 1 aliphatic rings. The summed E-state index contributed by atoms with van der Waals surface area (Å²) in [4.78, 5) is 27.3. The first-order chi connectivity index (χ1) is 12.1.